The highest BCUT2D eigenvalue weighted by Crippen LogP contribution is 2.30. The molecule has 1 heterocycles. The standard InChI is InChI=1S/C18H18N4O4.2ClH/c1-25-16-5-3-11(7-13(16)19)15-9-21(10-23)18(24)22(15)12-4-6-17(26-2)14(20)8-12;;/h3-10H,19-20H2,1-2H3;2*1H/p-2. The van der Waals surface area contributed by atoms with Gasteiger partial charge in [0.15, 0.2) is 0 Å². The van der Waals surface area contributed by atoms with Crippen molar-refractivity contribution in [3.63, 3.8) is 0 Å². The van der Waals surface area contributed by atoms with Crippen molar-refractivity contribution in [3.05, 3.63) is 53.1 Å². The third-order valence-corrected chi connectivity index (χ3v) is 4.02. The molecule has 10 heteroatoms. The number of methoxy groups -OCH3 is 2. The Balaban J connectivity index is 0.00000196. The Kier molecular flexibility index (Phi) is 7.54. The summed E-state index contributed by atoms with van der Waals surface area (Å²) in [5.74, 6) is 1.01. The van der Waals surface area contributed by atoms with Crippen molar-refractivity contribution in [2.45, 2.75) is 0 Å². The van der Waals surface area contributed by atoms with Gasteiger partial charge < -0.3 is 45.8 Å². The number of ether oxygens (including phenoxy) is 2. The molecule has 0 spiro atoms. The monoisotopic (exact) mass is 424 g/mol. The number of nitrogens with zero attached hydrogens (tertiary/aromatic N) is 2. The summed E-state index contributed by atoms with van der Waals surface area (Å²) >= 11 is 0. The van der Waals surface area contributed by atoms with E-state index in [1.807, 2.05) is 0 Å². The molecular weight excluding hydrogens is 407 g/mol. The first-order valence-corrected chi connectivity index (χ1v) is 7.67. The lowest BCUT2D eigenvalue weighted by Gasteiger charge is -2.11. The minimum atomic E-state index is -0.519. The summed E-state index contributed by atoms with van der Waals surface area (Å²) in [6.45, 7) is 0. The molecule has 1 aromatic heterocycles. The molecule has 4 N–H and O–H groups in total. The van der Waals surface area contributed by atoms with Crippen LogP contribution in [0.4, 0.5) is 11.4 Å². The summed E-state index contributed by atoms with van der Waals surface area (Å²) in [7, 11) is 3.02. The van der Waals surface area contributed by atoms with Gasteiger partial charge in [-0.15, -0.1) is 0 Å². The Hall–Kier alpha value is -3.10. The van der Waals surface area contributed by atoms with Crippen molar-refractivity contribution in [2.24, 2.45) is 0 Å². The molecule has 0 amide bonds. The maximum Gasteiger partial charge on any atom is 0.339 e. The van der Waals surface area contributed by atoms with Gasteiger partial charge in [-0.25, -0.2) is 9.36 Å². The van der Waals surface area contributed by atoms with Crippen LogP contribution in [-0.2, 0) is 4.79 Å². The molecule has 0 fully saturated rings. The van der Waals surface area contributed by atoms with Crippen LogP contribution in [0, 0.1) is 0 Å². The second kappa shape index (κ2) is 9.20. The van der Waals surface area contributed by atoms with Crippen LogP contribution < -0.4 is 51.4 Å². The molecule has 3 rings (SSSR count). The zero-order valence-corrected chi connectivity index (χ0v) is 16.6. The number of nitrogen functional groups attached to an aromatic ring is 2. The van der Waals surface area contributed by atoms with Crippen molar-refractivity contribution >= 4 is 17.8 Å². The molecule has 28 heavy (non-hydrogen) atoms. The highest BCUT2D eigenvalue weighted by atomic mass is 35.5. The third kappa shape index (κ3) is 3.92. The number of aromatic nitrogens is 2. The average Bonchev–Trinajstić information content (AvgIpc) is 2.98. The molecule has 0 aliphatic rings. The third-order valence-electron chi connectivity index (χ3n) is 4.02. The van der Waals surface area contributed by atoms with Crippen molar-refractivity contribution in [1.82, 2.24) is 9.13 Å². The van der Waals surface area contributed by atoms with Crippen molar-refractivity contribution in [2.75, 3.05) is 25.7 Å². The first-order chi connectivity index (χ1) is 12.5. The number of hydrogen-bond acceptors (Lipinski definition) is 6. The number of benzene rings is 2. The summed E-state index contributed by atoms with van der Waals surface area (Å²) in [5.41, 5.74) is 13.8. The van der Waals surface area contributed by atoms with Crippen LogP contribution in [0.3, 0.4) is 0 Å². The summed E-state index contributed by atoms with van der Waals surface area (Å²) in [6, 6.07) is 10.1. The van der Waals surface area contributed by atoms with E-state index < -0.39 is 5.69 Å². The molecule has 2 aromatic carbocycles. The normalized spacial score (nSPS) is 9.79. The van der Waals surface area contributed by atoms with E-state index in [0.29, 0.717) is 46.2 Å². The number of anilines is 2. The number of halogens is 2. The van der Waals surface area contributed by atoms with Crippen molar-refractivity contribution in [3.8, 4) is 28.4 Å². The molecule has 0 aliphatic heterocycles. The molecule has 150 valence electrons. The largest absolute Gasteiger partial charge is 1.00 e. The van der Waals surface area contributed by atoms with E-state index in [4.69, 9.17) is 20.9 Å². The molecule has 0 aliphatic carbocycles. The van der Waals surface area contributed by atoms with Gasteiger partial charge >= 0.3 is 5.69 Å². The van der Waals surface area contributed by atoms with Crippen LogP contribution in [0.1, 0.15) is 0 Å². The highest BCUT2D eigenvalue weighted by Gasteiger charge is 2.16. The van der Waals surface area contributed by atoms with E-state index in [9.17, 15) is 9.59 Å². The molecule has 0 unspecified atom stereocenters. The Morgan fingerprint density at radius 3 is 2.00 bits per heavy atom. The lowest BCUT2D eigenvalue weighted by Crippen LogP contribution is -3.00. The van der Waals surface area contributed by atoms with Gasteiger partial charge in [0.25, 0.3) is 0 Å². The Bertz CT molecular complexity index is 1050. The molecule has 0 saturated heterocycles. The second-order valence-corrected chi connectivity index (χ2v) is 5.53. The van der Waals surface area contributed by atoms with Gasteiger partial charge in [0.2, 0.25) is 6.41 Å². The van der Waals surface area contributed by atoms with Crippen LogP contribution in [0.5, 0.6) is 11.5 Å². The zero-order valence-electron chi connectivity index (χ0n) is 15.1. The molecule has 0 saturated carbocycles. The molecule has 0 bridgehead atoms. The number of carbonyl (C=O) groups is 1. The van der Waals surface area contributed by atoms with Crippen LogP contribution in [-0.4, -0.2) is 29.8 Å². The highest BCUT2D eigenvalue weighted by molar-refractivity contribution is 5.72. The van der Waals surface area contributed by atoms with Crippen LogP contribution in [0.15, 0.2) is 47.4 Å². The van der Waals surface area contributed by atoms with E-state index >= 15 is 0 Å². The first-order valence-electron chi connectivity index (χ1n) is 7.67. The predicted molar refractivity (Wildman–Crippen MR) is 99.5 cm³/mol. The maximum atomic E-state index is 12.6. The minimum absolute atomic E-state index is 0. The Labute approximate surface area is 173 Å². The summed E-state index contributed by atoms with van der Waals surface area (Å²) in [5, 5.41) is 0. The van der Waals surface area contributed by atoms with Crippen molar-refractivity contribution < 1.29 is 39.1 Å². The van der Waals surface area contributed by atoms with Gasteiger partial charge in [-0.2, -0.15) is 0 Å². The lowest BCUT2D eigenvalue weighted by atomic mass is 10.1. The van der Waals surface area contributed by atoms with E-state index in [2.05, 4.69) is 0 Å². The van der Waals surface area contributed by atoms with Crippen LogP contribution >= 0.6 is 0 Å². The summed E-state index contributed by atoms with van der Waals surface area (Å²) in [6.07, 6.45) is 1.89. The van der Waals surface area contributed by atoms with Gasteiger partial charge in [0.05, 0.1) is 37.0 Å². The van der Waals surface area contributed by atoms with E-state index in [1.165, 1.54) is 25.0 Å². The first kappa shape index (κ1) is 22.9. The lowest BCUT2D eigenvalue weighted by molar-refractivity contribution is -0.001000. The summed E-state index contributed by atoms with van der Waals surface area (Å²) < 4.78 is 12.6. The molecule has 8 nitrogen and oxygen atoms in total. The smallest absolute Gasteiger partial charge is 0.339 e. The van der Waals surface area contributed by atoms with Gasteiger partial charge in [0, 0.05) is 11.8 Å². The predicted octanol–water partition coefficient (Wildman–Crippen LogP) is -4.47. The molecule has 0 radical (unpaired) electrons. The number of imidazole rings is 1. The average molecular weight is 425 g/mol. The van der Waals surface area contributed by atoms with Crippen LogP contribution in [0.25, 0.3) is 16.9 Å². The Morgan fingerprint density at radius 2 is 1.50 bits per heavy atom. The van der Waals surface area contributed by atoms with Gasteiger partial charge in [0.1, 0.15) is 11.5 Å². The topological polar surface area (TPSA) is 114 Å². The number of rotatable bonds is 5. The fourth-order valence-electron chi connectivity index (χ4n) is 2.75. The van der Waals surface area contributed by atoms with Gasteiger partial charge in [-0.1, -0.05) is 0 Å². The minimum Gasteiger partial charge on any atom is -1.00 e. The van der Waals surface area contributed by atoms with Crippen LogP contribution in [0.2, 0.25) is 0 Å². The van der Waals surface area contributed by atoms with Gasteiger partial charge in [-0.3, -0.25) is 9.36 Å². The maximum absolute atomic E-state index is 12.6. The fourth-order valence-corrected chi connectivity index (χ4v) is 2.75. The van der Waals surface area contributed by atoms with Gasteiger partial charge in [-0.05, 0) is 36.4 Å². The quantitative estimate of drug-likeness (QED) is 0.315. The van der Waals surface area contributed by atoms with Crippen molar-refractivity contribution in [1.29, 1.82) is 0 Å². The van der Waals surface area contributed by atoms with E-state index in [1.54, 1.807) is 36.4 Å². The second-order valence-electron chi connectivity index (χ2n) is 5.53. The summed E-state index contributed by atoms with van der Waals surface area (Å²) in [4.78, 5) is 23.9. The fraction of sp³-hybridized carbons (Fsp3) is 0.111. The number of carbonyl (C=O) groups excluding carboxylic acids is 1. The number of nitrogens with two attached hydrogens (primary N) is 2. The van der Waals surface area contributed by atoms with E-state index in [-0.39, 0.29) is 24.8 Å². The molecule has 0 atom stereocenters. The zero-order chi connectivity index (χ0) is 18.8. The molecule has 3 aromatic rings. The molecular formula is C18H18Cl2N4O4-2. The van der Waals surface area contributed by atoms with E-state index in [0.717, 1.165) is 4.57 Å². The number of hydrogen-bond donors (Lipinski definition) is 2. The SMILES string of the molecule is COc1ccc(-c2cn(C=O)c(=O)n2-c2ccc(OC)c(N)c2)cc1N.[Cl-].[Cl-]. The Morgan fingerprint density at radius 1 is 0.929 bits per heavy atom.